The van der Waals surface area contributed by atoms with Gasteiger partial charge in [0.25, 0.3) is 5.91 Å². The molecule has 3 N–H and O–H groups in total. The van der Waals surface area contributed by atoms with Crippen molar-refractivity contribution in [2.45, 2.75) is 78.1 Å². The van der Waals surface area contributed by atoms with Crippen molar-refractivity contribution in [1.29, 1.82) is 0 Å². The van der Waals surface area contributed by atoms with Crippen LogP contribution >= 0.6 is 0 Å². The zero-order chi connectivity index (χ0) is 33.9. The van der Waals surface area contributed by atoms with Crippen LogP contribution in [0.1, 0.15) is 59.1 Å². The van der Waals surface area contributed by atoms with Crippen LogP contribution in [0, 0.1) is 0 Å². The fourth-order valence-corrected chi connectivity index (χ4v) is 4.73. The lowest BCUT2D eigenvalue weighted by Gasteiger charge is -2.30. The number of carbonyl (C=O) groups excluding carboxylic acids is 4. The number of hydrogen-bond acceptors (Lipinski definition) is 5. The van der Waals surface area contributed by atoms with Gasteiger partial charge in [0.05, 0.1) is 6.54 Å². The largest absolute Gasteiger partial charge is 0.444 e. The van der Waals surface area contributed by atoms with Gasteiger partial charge in [-0.2, -0.15) is 0 Å². The maximum atomic E-state index is 13.9. The Hall–Kier alpha value is -4.86. The van der Waals surface area contributed by atoms with Crippen molar-refractivity contribution in [2.75, 3.05) is 13.6 Å². The highest BCUT2D eigenvalue weighted by Crippen LogP contribution is 2.19. The number of hydrazine groups is 1. The first-order chi connectivity index (χ1) is 21.7. The number of nitrogens with one attached hydrogen (secondary N) is 3. The van der Waals surface area contributed by atoms with E-state index in [0.29, 0.717) is 13.0 Å². The Balaban J connectivity index is 1.83. The highest BCUT2D eigenvalue weighted by atomic mass is 16.6. The predicted octanol–water partition coefficient (Wildman–Crippen LogP) is 5.72. The molecular weight excluding hydrogens is 582 g/mol. The summed E-state index contributed by atoms with van der Waals surface area (Å²) >= 11 is 0. The number of nitrogens with zero attached hydrogens (tertiary/aromatic N) is 2. The van der Waals surface area contributed by atoms with Crippen LogP contribution in [0.3, 0.4) is 0 Å². The quantitative estimate of drug-likeness (QED) is 0.185. The molecule has 0 heterocycles. The van der Waals surface area contributed by atoms with E-state index in [2.05, 4.69) is 16.1 Å². The van der Waals surface area contributed by atoms with Gasteiger partial charge in [0, 0.05) is 25.6 Å². The van der Waals surface area contributed by atoms with Crippen molar-refractivity contribution in [3.05, 3.63) is 96.1 Å². The molecular formula is C36H47N5O5. The third-order valence-corrected chi connectivity index (χ3v) is 7.09. The summed E-state index contributed by atoms with van der Waals surface area (Å²) in [5.74, 6) is -0.909. The van der Waals surface area contributed by atoms with Crippen molar-refractivity contribution >= 4 is 34.7 Å². The molecule has 0 saturated heterocycles. The minimum absolute atomic E-state index is 0.137. The molecule has 0 radical (unpaired) electrons. The average Bonchev–Trinajstić information content (AvgIpc) is 2.98. The molecule has 3 rings (SSSR count). The van der Waals surface area contributed by atoms with Gasteiger partial charge < -0.3 is 20.3 Å². The van der Waals surface area contributed by atoms with E-state index in [1.807, 2.05) is 86.6 Å². The number of amides is 5. The van der Waals surface area contributed by atoms with Gasteiger partial charge in [-0.15, -0.1) is 0 Å². The molecule has 0 fully saturated rings. The lowest BCUT2D eigenvalue weighted by atomic mass is 9.99. The minimum atomic E-state index is -0.945. The van der Waals surface area contributed by atoms with E-state index in [-0.39, 0.29) is 13.0 Å². The fourth-order valence-electron chi connectivity index (χ4n) is 4.73. The van der Waals surface area contributed by atoms with E-state index in [4.69, 9.17) is 4.74 Å². The number of ether oxygens (including phenoxy) is 1. The standard InChI is InChI=1S/C36H47N5O5/c1-8-37-33(44)41(25-26-15-10-9-11-16-26)39-32(43)30(24-27-20-21-28-17-12-13-18-29(28)23-27)40(7)31(42)19-14-22-36(5,6)38-34(45)46-35(2,3)4/h9-21,23,30H,8,22,24-25H2,1-7H3,(H,37,44)(H,38,45)(H,39,43)/b19-14+/t30-/m1/s1. The first-order valence-electron chi connectivity index (χ1n) is 15.5. The van der Waals surface area contributed by atoms with Crippen molar-refractivity contribution in [3.63, 3.8) is 0 Å². The molecule has 10 heteroatoms. The van der Waals surface area contributed by atoms with Crippen LogP contribution in [0.4, 0.5) is 9.59 Å². The van der Waals surface area contributed by atoms with Crippen LogP contribution in [0.5, 0.6) is 0 Å². The summed E-state index contributed by atoms with van der Waals surface area (Å²) in [5.41, 5.74) is 3.13. The maximum absolute atomic E-state index is 13.9. The molecule has 0 aliphatic heterocycles. The second kappa shape index (κ2) is 15.9. The molecule has 10 nitrogen and oxygen atoms in total. The van der Waals surface area contributed by atoms with Crippen LogP contribution < -0.4 is 16.1 Å². The SMILES string of the molecule is CCNC(=O)N(Cc1ccccc1)NC(=O)[C@@H](Cc1ccc2ccccc2c1)N(C)C(=O)/C=C/CC(C)(C)NC(=O)OC(C)(C)C. The average molecular weight is 630 g/mol. The molecule has 46 heavy (non-hydrogen) atoms. The first kappa shape index (κ1) is 35.6. The molecule has 5 amide bonds. The molecule has 246 valence electrons. The van der Waals surface area contributed by atoms with Gasteiger partial charge in [0.2, 0.25) is 5.91 Å². The van der Waals surface area contributed by atoms with Gasteiger partial charge in [-0.1, -0.05) is 78.9 Å². The Morgan fingerprint density at radius 1 is 0.870 bits per heavy atom. The smallest absolute Gasteiger partial charge is 0.408 e. The molecule has 3 aromatic carbocycles. The van der Waals surface area contributed by atoms with E-state index in [9.17, 15) is 19.2 Å². The highest BCUT2D eigenvalue weighted by Gasteiger charge is 2.30. The number of benzene rings is 3. The minimum Gasteiger partial charge on any atom is -0.444 e. The van der Waals surface area contributed by atoms with Crippen LogP contribution in [0.2, 0.25) is 0 Å². The number of hydrogen-bond donors (Lipinski definition) is 3. The van der Waals surface area contributed by atoms with Gasteiger partial charge in [-0.25, -0.2) is 14.6 Å². The zero-order valence-electron chi connectivity index (χ0n) is 27.9. The van der Waals surface area contributed by atoms with Gasteiger partial charge in [0.15, 0.2) is 0 Å². The second-order valence-electron chi connectivity index (χ2n) is 12.9. The van der Waals surface area contributed by atoms with Gasteiger partial charge in [0.1, 0.15) is 11.6 Å². The van der Waals surface area contributed by atoms with Crippen LogP contribution in [-0.4, -0.2) is 64.6 Å². The van der Waals surface area contributed by atoms with Gasteiger partial charge >= 0.3 is 12.1 Å². The fraction of sp³-hybridized carbons (Fsp3) is 0.389. The Morgan fingerprint density at radius 3 is 2.17 bits per heavy atom. The van der Waals surface area contributed by atoms with Crippen molar-refractivity contribution in [2.24, 2.45) is 0 Å². The van der Waals surface area contributed by atoms with E-state index < -0.39 is 41.1 Å². The van der Waals surface area contributed by atoms with Crippen LogP contribution in [0.15, 0.2) is 84.9 Å². The molecule has 0 bridgehead atoms. The van der Waals surface area contributed by atoms with Crippen LogP contribution in [0.25, 0.3) is 10.8 Å². The Morgan fingerprint density at radius 2 is 1.52 bits per heavy atom. The van der Waals surface area contributed by atoms with Crippen molar-refractivity contribution in [3.8, 4) is 0 Å². The van der Waals surface area contributed by atoms with Crippen LogP contribution in [-0.2, 0) is 27.3 Å². The normalized spacial score (nSPS) is 12.3. The Bertz CT molecular complexity index is 1530. The molecule has 0 aliphatic carbocycles. The first-order valence-corrected chi connectivity index (χ1v) is 15.5. The summed E-state index contributed by atoms with van der Waals surface area (Å²) < 4.78 is 5.36. The third-order valence-electron chi connectivity index (χ3n) is 7.09. The summed E-state index contributed by atoms with van der Waals surface area (Å²) in [4.78, 5) is 54.0. The van der Waals surface area contributed by atoms with Crippen molar-refractivity contribution in [1.82, 2.24) is 26.0 Å². The van der Waals surface area contributed by atoms with Crippen molar-refractivity contribution < 1.29 is 23.9 Å². The molecule has 1 atom stereocenters. The number of likely N-dealkylation sites (N-methyl/N-ethyl adjacent to an activating group) is 1. The van der Waals surface area contributed by atoms with E-state index in [1.165, 1.54) is 16.0 Å². The molecule has 0 aromatic heterocycles. The maximum Gasteiger partial charge on any atom is 0.408 e. The lowest BCUT2D eigenvalue weighted by Crippen LogP contribution is -2.56. The summed E-state index contributed by atoms with van der Waals surface area (Å²) in [7, 11) is 1.57. The topological polar surface area (TPSA) is 120 Å². The molecule has 0 spiro atoms. The molecule has 3 aromatic rings. The van der Waals surface area contributed by atoms with E-state index in [1.54, 1.807) is 40.8 Å². The van der Waals surface area contributed by atoms with E-state index >= 15 is 0 Å². The zero-order valence-corrected chi connectivity index (χ0v) is 27.9. The van der Waals surface area contributed by atoms with Gasteiger partial charge in [-0.05, 0) is 75.9 Å². The Kier molecular flexibility index (Phi) is 12.3. The van der Waals surface area contributed by atoms with E-state index in [0.717, 1.165) is 21.9 Å². The second-order valence-corrected chi connectivity index (χ2v) is 12.9. The number of urea groups is 1. The highest BCUT2D eigenvalue weighted by molar-refractivity contribution is 5.93. The summed E-state index contributed by atoms with van der Waals surface area (Å²) in [5, 5.41) is 8.87. The number of alkyl carbamates (subject to hydrolysis) is 1. The summed E-state index contributed by atoms with van der Waals surface area (Å²) in [6, 6.07) is 21.8. The number of fused-ring (bicyclic) bond motifs is 1. The van der Waals surface area contributed by atoms with Gasteiger partial charge in [-0.3, -0.25) is 15.0 Å². The summed E-state index contributed by atoms with van der Waals surface area (Å²) in [6.07, 6.45) is 3.07. The number of rotatable bonds is 11. The Labute approximate surface area is 272 Å². The number of carbonyl (C=O) groups is 4. The molecule has 0 aliphatic rings. The molecule has 0 saturated carbocycles. The summed E-state index contributed by atoms with van der Waals surface area (Å²) in [6.45, 7) is 11.3. The monoisotopic (exact) mass is 629 g/mol. The lowest BCUT2D eigenvalue weighted by molar-refractivity contribution is -0.138. The molecule has 0 unspecified atom stereocenters. The predicted molar refractivity (Wildman–Crippen MR) is 181 cm³/mol. The third kappa shape index (κ3) is 11.3.